The van der Waals surface area contributed by atoms with Crippen LogP contribution in [0.3, 0.4) is 0 Å². The maximum absolute atomic E-state index is 11.6. The smallest absolute Gasteiger partial charge is 0.251 e. The van der Waals surface area contributed by atoms with Gasteiger partial charge in [-0.2, -0.15) is 0 Å². The minimum Gasteiger partial charge on any atom is -0.351 e. The van der Waals surface area contributed by atoms with Gasteiger partial charge in [0, 0.05) is 23.1 Å². The van der Waals surface area contributed by atoms with Crippen LogP contribution in [0.1, 0.15) is 23.7 Å². The van der Waals surface area contributed by atoms with Gasteiger partial charge in [-0.05, 0) is 37.2 Å². The first-order valence-corrected chi connectivity index (χ1v) is 6.28. The Morgan fingerprint density at radius 3 is 2.41 bits per heavy atom. The molecule has 0 aromatic heterocycles. The van der Waals surface area contributed by atoms with Crippen LogP contribution in [0.15, 0.2) is 28.7 Å². The molecule has 0 unspecified atom stereocenters. The lowest BCUT2D eigenvalue weighted by atomic mass is 10.2. The standard InChI is InChI=1S/C12H17BrN2O.ClH/c1-2-7-14-8-9-15-12(16)10-3-5-11(13)6-4-10;/h3-6,14H,2,7-9H2,1H3,(H,15,16);1H. The molecular formula is C12H18BrClN2O. The molecule has 2 N–H and O–H groups in total. The van der Waals surface area contributed by atoms with Crippen LogP contribution in [-0.2, 0) is 0 Å². The normalized spacial score (nSPS) is 9.53. The molecule has 0 fully saturated rings. The Balaban J connectivity index is 0.00000256. The fraction of sp³-hybridized carbons (Fsp3) is 0.417. The van der Waals surface area contributed by atoms with E-state index in [2.05, 4.69) is 33.5 Å². The summed E-state index contributed by atoms with van der Waals surface area (Å²) < 4.78 is 0.980. The average molecular weight is 322 g/mol. The Morgan fingerprint density at radius 2 is 1.82 bits per heavy atom. The zero-order chi connectivity index (χ0) is 11.8. The second-order valence-corrected chi connectivity index (χ2v) is 4.43. The topological polar surface area (TPSA) is 41.1 Å². The highest BCUT2D eigenvalue weighted by Gasteiger charge is 2.03. The van der Waals surface area contributed by atoms with E-state index in [1.54, 1.807) is 12.1 Å². The third kappa shape index (κ3) is 6.66. The van der Waals surface area contributed by atoms with E-state index in [9.17, 15) is 4.79 Å². The van der Waals surface area contributed by atoms with E-state index in [0.29, 0.717) is 12.1 Å². The van der Waals surface area contributed by atoms with E-state index in [-0.39, 0.29) is 18.3 Å². The van der Waals surface area contributed by atoms with Crippen LogP contribution >= 0.6 is 28.3 Å². The van der Waals surface area contributed by atoms with Crippen molar-refractivity contribution < 1.29 is 4.79 Å². The maximum Gasteiger partial charge on any atom is 0.251 e. The largest absolute Gasteiger partial charge is 0.351 e. The van der Waals surface area contributed by atoms with Gasteiger partial charge in [-0.3, -0.25) is 4.79 Å². The van der Waals surface area contributed by atoms with Crippen molar-refractivity contribution in [1.29, 1.82) is 0 Å². The number of rotatable bonds is 6. The Hall–Kier alpha value is -0.580. The molecule has 5 heteroatoms. The SMILES string of the molecule is CCCNCCNC(=O)c1ccc(Br)cc1.Cl. The molecule has 0 aliphatic rings. The molecule has 0 atom stereocenters. The van der Waals surface area contributed by atoms with Gasteiger partial charge in [-0.25, -0.2) is 0 Å². The van der Waals surface area contributed by atoms with Crippen LogP contribution in [0, 0.1) is 0 Å². The van der Waals surface area contributed by atoms with E-state index in [1.165, 1.54) is 0 Å². The summed E-state index contributed by atoms with van der Waals surface area (Å²) in [6.45, 7) is 4.59. The summed E-state index contributed by atoms with van der Waals surface area (Å²) in [4.78, 5) is 11.6. The van der Waals surface area contributed by atoms with Crippen LogP contribution < -0.4 is 10.6 Å². The summed E-state index contributed by atoms with van der Waals surface area (Å²) >= 11 is 3.33. The number of carbonyl (C=O) groups excluding carboxylic acids is 1. The molecule has 1 aromatic rings. The molecule has 1 aromatic carbocycles. The first-order valence-electron chi connectivity index (χ1n) is 5.48. The first-order chi connectivity index (χ1) is 7.74. The second-order valence-electron chi connectivity index (χ2n) is 3.51. The molecule has 0 spiro atoms. The molecule has 96 valence electrons. The van der Waals surface area contributed by atoms with E-state index in [0.717, 1.165) is 24.0 Å². The predicted molar refractivity (Wildman–Crippen MR) is 76.9 cm³/mol. The number of benzene rings is 1. The van der Waals surface area contributed by atoms with Gasteiger partial charge >= 0.3 is 0 Å². The number of halogens is 2. The Morgan fingerprint density at radius 1 is 1.18 bits per heavy atom. The number of amides is 1. The predicted octanol–water partition coefficient (Wildman–Crippen LogP) is 2.60. The Labute approximate surface area is 117 Å². The number of carbonyl (C=O) groups is 1. The zero-order valence-electron chi connectivity index (χ0n) is 9.83. The van der Waals surface area contributed by atoms with Crippen molar-refractivity contribution in [3.63, 3.8) is 0 Å². The van der Waals surface area contributed by atoms with Crippen LogP contribution in [0.2, 0.25) is 0 Å². The molecule has 0 bridgehead atoms. The highest BCUT2D eigenvalue weighted by Crippen LogP contribution is 2.10. The van der Waals surface area contributed by atoms with Crippen LogP contribution in [0.5, 0.6) is 0 Å². The van der Waals surface area contributed by atoms with Crippen LogP contribution in [0.25, 0.3) is 0 Å². The molecule has 1 rings (SSSR count). The molecule has 1 amide bonds. The Bertz CT molecular complexity index is 330. The summed E-state index contributed by atoms with van der Waals surface area (Å²) in [7, 11) is 0. The van der Waals surface area contributed by atoms with Crippen molar-refractivity contribution in [3.8, 4) is 0 Å². The van der Waals surface area contributed by atoms with Crippen LogP contribution in [-0.4, -0.2) is 25.5 Å². The summed E-state index contributed by atoms with van der Waals surface area (Å²) in [6, 6.07) is 7.34. The van der Waals surface area contributed by atoms with Gasteiger partial charge in [0.2, 0.25) is 0 Å². The minimum absolute atomic E-state index is 0. The van der Waals surface area contributed by atoms with Gasteiger partial charge < -0.3 is 10.6 Å². The van der Waals surface area contributed by atoms with E-state index in [1.807, 2.05) is 12.1 Å². The van der Waals surface area contributed by atoms with Crippen molar-refractivity contribution in [2.24, 2.45) is 0 Å². The van der Waals surface area contributed by atoms with E-state index < -0.39 is 0 Å². The summed E-state index contributed by atoms with van der Waals surface area (Å²) in [5, 5.41) is 6.09. The fourth-order valence-electron chi connectivity index (χ4n) is 1.27. The third-order valence-corrected chi connectivity index (χ3v) is 2.65. The highest BCUT2D eigenvalue weighted by atomic mass is 79.9. The molecule has 17 heavy (non-hydrogen) atoms. The van der Waals surface area contributed by atoms with Crippen molar-refractivity contribution in [2.75, 3.05) is 19.6 Å². The van der Waals surface area contributed by atoms with Gasteiger partial charge in [0.15, 0.2) is 0 Å². The highest BCUT2D eigenvalue weighted by molar-refractivity contribution is 9.10. The number of nitrogens with one attached hydrogen (secondary N) is 2. The second kappa shape index (κ2) is 9.45. The quantitative estimate of drug-likeness (QED) is 0.791. The van der Waals surface area contributed by atoms with E-state index >= 15 is 0 Å². The monoisotopic (exact) mass is 320 g/mol. The maximum atomic E-state index is 11.6. The Kier molecular flexibility index (Phi) is 9.13. The summed E-state index contributed by atoms with van der Waals surface area (Å²) in [5.74, 6) is -0.0224. The average Bonchev–Trinajstić information content (AvgIpc) is 2.29. The lowest BCUT2D eigenvalue weighted by molar-refractivity contribution is 0.0954. The number of hydrogen-bond acceptors (Lipinski definition) is 2. The molecule has 3 nitrogen and oxygen atoms in total. The van der Waals surface area contributed by atoms with Crippen molar-refractivity contribution >= 4 is 34.2 Å². The molecule has 0 saturated heterocycles. The summed E-state index contributed by atoms with van der Waals surface area (Å²) in [5.41, 5.74) is 0.693. The summed E-state index contributed by atoms with van der Waals surface area (Å²) in [6.07, 6.45) is 1.11. The number of hydrogen-bond donors (Lipinski definition) is 2. The first kappa shape index (κ1) is 16.4. The molecular weight excluding hydrogens is 304 g/mol. The van der Waals surface area contributed by atoms with Gasteiger partial charge in [-0.1, -0.05) is 22.9 Å². The molecule has 0 saturated carbocycles. The van der Waals surface area contributed by atoms with E-state index in [4.69, 9.17) is 0 Å². The minimum atomic E-state index is -0.0224. The lowest BCUT2D eigenvalue weighted by Crippen LogP contribution is -2.32. The van der Waals surface area contributed by atoms with Gasteiger partial charge in [0.1, 0.15) is 0 Å². The molecule has 0 heterocycles. The third-order valence-electron chi connectivity index (χ3n) is 2.12. The van der Waals surface area contributed by atoms with Gasteiger partial charge in [0.25, 0.3) is 5.91 Å². The van der Waals surface area contributed by atoms with Crippen LogP contribution in [0.4, 0.5) is 0 Å². The molecule has 0 aliphatic heterocycles. The zero-order valence-corrected chi connectivity index (χ0v) is 12.2. The van der Waals surface area contributed by atoms with Crippen molar-refractivity contribution in [1.82, 2.24) is 10.6 Å². The fourth-order valence-corrected chi connectivity index (χ4v) is 1.53. The lowest BCUT2D eigenvalue weighted by Gasteiger charge is -2.06. The van der Waals surface area contributed by atoms with Gasteiger partial charge in [-0.15, -0.1) is 12.4 Å². The molecule has 0 aliphatic carbocycles. The van der Waals surface area contributed by atoms with Gasteiger partial charge in [0.05, 0.1) is 0 Å². The molecule has 0 radical (unpaired) electrons. The van der Waals surface area contributed by atoms with Crippen molar-refractivity contribution in [2.45, 2.75) is 13.3 Å². The van der Waals surface area contributed by atoms with Crippen molar-refractivity contribution in [3.05, 3.63) is 34.3 Å².